The Hall–Kier alpha value is -2.94. The molecule has 0 radical (unpaired) electrons. The van der Waals surface area contributed by atoms with E-state index in [1.54, 1.807) is 32.0 Å². The van der Waals surface area contributed by atoms with E-state index in [1.807, 2.05) is 0 Å². The quantitative estimate of drug-likeness (QED) is 0.604. The zero-order valence-corrected chi connectivity index (χ0v) is 14.5. The minimum Gasteiger partial charge on any atom is -0.326 e. The Morgan fingerprint density at radius 3 is 2.28 bits per heavy atom. The van der Waals surface area contributed by atoms with Crippen molar-refractivity contribution in [2.45, 2.75) is 25.2 Å². The molecular formula is C16H17N3O5S. The van der Waals surface area contributed by atoms with Crippen LogP contribution in [0, 0.1) is 17.0 Å². The molecule has 0 aromatic heterocycles. The highest BCUT2D eigenvalue weighted by Gasteiger charge is 2.18. The molecule has 25 heavy (non-hydrogen) atoms. The summed E-state index contributed by atoms with van der Waals surface area (Å²) in [6.45, 7) is 3.39. The fourth-order valence-corrected chi connectivity index (χ4v) is 3.19. The molecule has 0 bridgehead atoms. The first kappa shape index (κ1) is 18.4. The van der Waals surface area contributed by atoms with Crippen LogP contribution in [0.25, 0.3) is 0 Å². The Kier molecular flexibility index (Phi) is 5.38. The lowest BCUT2D eigenvalue weighted by Gasteiger charge is -2.14. The number of anilines is 2. The van der Waals surface area contributed by atoms with Gasteiger partial charge in [-0.3, -0.25) is 19.6 Å². The van der Waals surface area contributed by atoms with Crippen molar-refractivity contribution in [2.24, 2.45) is 0 Å². The third kappa shape index (κ3) is 4.32. The van der Waals surface area contributed by atoms with Crippen molar-refractivity contribution in [1.82, 2.24) is 0 Å². The number of nitro benzene ring substituents is 1. The van der Waals surface area contributed by atoms with Gasteiger partial charge in [0.05, 0.1) is 15.5 Å². The van der Waals surface area contributed by atoms with Gasteiger partial charge in [-0.15, -0.1) is 0 Å². The SMILES string of the molecule is CCC(=O)Nc1cccc(NS(=O)(=O)c2ccc([N+](=O)[O-])cc2)c1C. The number of amides is 1. The first-order valence-electron chi connectivity index (χ1n) is 7.41. The van der Waals surface area contributed by atoms with Gasteiger partial charge in [-0.1, -0.05) is 13.0 Å². The highest BCUT2D eigenvalue weighted by atomic mass is 32.2. The number of carbonyl (C=O) groups is 1. The summed E-state index contributed by atoms with van der Waals surface area (Å²) in [5.41, 5.74) is 1.19. The smallest absolute Gasteiger partial charge is 0.269 e. The second-order valence-electron chi connectivity index (χ2n) is 5.24. The standard InChI is InChI=1S/C16H17N3O5S/c1-3-16(20)17-14-5-4-6-15(11(14)2)18-25(23,24)13-9-7-12(8-10-13)19(21)22/h4-10,18H,3H2,1-2H3,(H,17,20). The monoisotopic (exact) mass is 363 g/mol. The van der Waals surface area contributed by atoms with Gasteiger partial charge < -0.3 is 5.32 Å². The third-order valence-electron chi connectivity index (χ3n) is 3.53. The van der Waals surface area contributed by atoms with Gasteiger partial charge in [-0.2, -0.15) is 0 Å². The molecule has 0 aliphatic rings. The number of non-ortho nitro benzene ring substituents is 1. The fraction of sp³-hybridized carbons (Fsp3) is 0.188. The van der Waals surface area contributed by atoms with Crippen molar-refractivity contribution >= 4 is 33.0 Å². The van der Waals surface area contributed by atoms with Gasteiger partial charge in [-0.05, 0) is 36.8 Å². The molecular weight excluding hydrogens is 346 g/mol. The average Bonchev–Trinajstić information content (AvgIpc) is 2.58. The summed E-state index contributed by atoms with van der Waals surface area (Å²) in [6, 6.07) is 9.44. The van der Waals surface area contributed by atoms with Crippen molar-refractivity contribution < 1.29 is 18.1 Å². The van der Waals surface area contributed by atoms with E-state index in [2.05, 4.69) is 10.0 Å². The third-order valence-corrected chi connectivity index (χ3v) is 4.91. The van der Waals surface area contributed by atoms with Crippen LogP contribution in [-0.2, 0) is 14.8 Å². The van der Waals surface area contributed by atoms with Gasteiger partial charge in [0.15, 0.2) is 0 Å². The number of hydrogen-bond acceptors (Lipinski definition) is 5. The van der Waals surface area contributed by atoms with Crippen molar-refractivity contribution in [2.75, 3.05) is 10.0 Å². The van der Waals surface area contributed by atoms with Gasteiger partial charge >= 0.3 is 0 Å². The number of rotatable bonds is 6. The predicted octanol–water partition coefficient (Wildman–Crippen LogP) is 3.05. The second kappa shape index (κ2) is 7.31. The van der Waals surface area contributed by atoms with Crippen LogP contribution in [0.3, 0.4) is 0 Å². The van der Waals surface area contributed by atoms with E-state index in [-0.39, 0.29) is 16.5 Å². The van der Waals surface area contributed by atoms with E-state index in [4.69, 9.17) is 0 Å². The van der Waals surface area contributed by atoms with Crippen LogP contribution in [0.1, 0.15) is 18.9 Å². The maximum absolute atomic E-state index is 12.5. The van der Waals surface area contributed by atoms with Crippen LogP contribution in [0.4, 0.5) is 17.1 Å². The summed E-state index contributed by atoms with van der Waals surface area (Å²) in [6.07, 6.45) is 0.304. The average molecular weight is 363 g/mol. The summed E-state index contributed by atoms with van der Waals surface area (Å²) in [5, 5.41) is 13.4. The molecule has 0 atom stereocenters. The summed E-state index contributed by atoms with van der Waals surface area (Å²) in [5.74, 6) is -0.182. The lowest BCUT2D eigenvalue weighted by molar-refractivity contribution is -0.384. The van der Waals surface area contributed by atoms with Gasteiger partial charge in [-0.25, -0.2) is 8.42 Å². The molecule has 1 amide bonds. The molecule has 8 nitrogen and oxygen atoms in total. The maximum atomic E-state index is 12.5. The van der Waals surface area contributed by atoms with E-state index in [1.165, 1.54) is 12.1 Å². The molecule has 0 heterocycles. The molecule has 0 saturated heterocycles. The molecule has 9 heteroatoms. The Bertz CT molecular complexity index is 908. The highest BCUT2D eigenvalue weighted by Crippen LogP contribution is 2.26. The zero-order valence-electron chi connectivity index (χ0n) is 13.6. The highest BCUT2D eigenvalue weighted by molar-refractivity contribution is 7.92. The molecule has 2 rings (SSSR count). The summed E-state index contributed by atoms with van der Waals surface area (Å²) < 4.78 is 27.3. The molecule has 2 aromatic carbocycles. The van der Waals surface area contributed by atoms with Crippen LogP contribution in [0.2, 0.25) is 0 Å². The maximum Gasteiger partial charge on any atom is 0.269 e. The van der Waals surface area contributed by atoms with E-state index in [0.29, 0.717) is 23.4 Å². The normalized spacial score (nSPS) is 11.0. The number of hydrogen-bond donors (Lipinski definition) is 2. The summed E-state index contributed by atoms with van der Waals surface area (Å²) in [4.78, 5) is 21.5. The number of nitrogens with one attached hydrogen (secondary N) is 2. The van der Waals surface area contributed by atoms with E-state index in [0.717, 1.165) is 12.1 Å². The molecule has 2 aromatic rings. The van der Waals surface area contributed by atoms with E-state index in [9.17, 15) is 23.3 Å². The molecule has 0 aliphatic carbocycles. The Balaban J connectivity index is 2.30. The van der Waals surface area contributed by atoms with E-state index >= 15 is 0 Å². The van der Waals surface area contributed by atoms with Crippen molar-refractivity contribution in [3.63, 3.8) is 0 Å². The Labute approximate surface area is 145 Å². The van der Waals surface area contributed by atoms with Gasteiger partial charge in [0.2, 0.25) is 5.91 Å². The minimum atomic E-state index is -3.91. The molecule has 0 unspecified atom stereocenters. The lowest BCUT2D eigenvalue weighted by Crippen LogP contribution is -2.15. The topological polar surface area (TPSA) is 118 Å². The number of nitro groups is 1. The molecule has 0 fully saturated rings. The number of sulfonamides is 1. The largest absolute Gasteiger partial charge is 0.326 e. The van der Waals surface area contributed by atoms with Crippen LogP contribution in [0.5, 0.6) is 0 Å². The number of benzene rings is 2. The predicted molar refractivity (Wildman–Crippen MR) is 94.0 cm³/mol. The first-order valence-corrected chi connectivity index (χ1v) is 8.89. The van der Waals surface area contributed by atoms with Gasteiger partial charge in [0.25, 0.3) is 15.7 Å². The molecule has 0 spiro atoms. The molecule has 132 valence electrons. The minimum absolute atomic E-state index is 0.0968. The fourth-order valence-electron chi connectivity index (χ4n) is 2.07. The second-order valence-corrected chi connectivity index (χ2v) is 6.92. The van der Waals surface area contributed by atoms with Crippen LogP contribution in [0.15, 0.2) is 47.4 Å². The first-order chi connectivity index (χ1) is 11.7. The van der Waals surface area contributed by atoms with Crippen molar-refractivity contribution in [3.05, 3.63) is 58.1 Å². The summed E-state index contributed by atoms with van der Waals surface area (Å²) in [7, 11) is -3.91. The Morgan fingerprint density at radius 1 is 1.12 bits per heavy atom. The summed E-state index contributed by atoms with van der Waals surface area (Å²) >= 11 is 0. The number of nitrogens with zero attached hydrogens (tertiary/aromatic N) is 1. The number of carbonyl (C=O) groups excluding carboxylic acids is 1. The van der Waals surface area contributed by atoms with E-state index < -0.39 is 14.9 Å². The molecule has 2 N–H and O–H groups in total. The van der Waals surface area contributed by atoms with Crippen LogP contribution < -0.4 is 10.0 Å². The lowest BCUT2D eigenvalue weighted by atomic mass is 10.1. The van der Waals surface area contributed by atoms with Crippen LogP contribution in [-0.4, -0.2) is 19.2 Å². The van der Waals surface area contributed by atoms with Gasteiger partial charge in [0, 0.05) is 24.2 Å². The molecule has 0 aliphatic heterocycles. The molecule has 0 saturated carbocycles. The van der Waals surface area contributed by atoms with Crippen molar-refractivity contribution in [3.8, 4) is 0 Å². The zero-order chi connectivity index (χ0) is 18.6. The van der Waals surface area contributed by atoms with Gasteiger partial charge in [0.1, 0.15) is 0 Å². The van der Waals surface area contributed by atoms with Crippen molar-refractivity contribution in [1.29, 1.82) is 0 Å². The van der Waals surface area contributed by atoms with Crippen LogP contribution >= 0.6 is 0 Å². The Morgan fingerprint density at radius 2 is 1.72 bits per heavy atom.